The third-order valence-corrected chi connectivity index (χ3v) is 2.56. The molecule has 0 radical (unpaired) electrons. The molecule has 1 aromatic carbocycles. The van der Waals surface area contributed by atoms with Gasteiger partial charge in [-0.25, -0.2) is 4.79 Å². The van der Waals surface area contributed by atoms with Crippen LogP contribution < -0.4 is 0 Å². The Morgan fingerprint density at radius 3 is 2.50 bits per heavy atom. The summed E-state index contributed by atoms with van der Waals surface area (Å²) in [7, 11) is 0. The standard InChI is InChI=1S/C13H10F3NO3/c1-2-19-12(18)11-10(7-20-17-11)8-3-5-9(6-4-8)13(14,15)16/h3-7H,2H2,1H3. The molecular formula is C13H10F3NO3. The van der Waals surface area contributed by atoms with Gasteiger partial charge in [0.1, 0.15) is 6.26 Å². The molecule has 20 heavy (non-hydrogen) atoms. The summed E-state index contributed by atoms with van der Waals surface area (Å²) in [5, 5.41) is 3.51. The minimum Gasteiger partial charge on any atom is -0.461 e. The monoisotopic (exact) mass is 285 g/mol. The molecule has 0 fully saturated rings. The number of benzene rings is 1. The molecule has 0 saturated carbocycles. The summed E-state index contributed by atoms with van der Waals surface area (Å²) in [6, 6.07) is 4.35. The van der Waals surface area contributed by atoms with Crippen LogP contribution in [0.25, 0.3) is 11.1 Å². The van der Waals surface area contributed by atoms with Crippen LogP contribution in [0, 0.1) is 0 Å². The predicted molar refractivity (Wildman–Crippen MR) is 62.9 cm³/mol. The fraction of sp³-hybridized carbons (Fsp3) is 0.231. The number of carbonyl (C=O) groups is 1. The van der Waals surface area contributed by atoms with Crippen LogP contribution >= 0.6 is 0 Å². The molecule has 0 aliphatic carbocycles. The van der Waals surface area contributed by atoms with Crippen LogP contribution in [0.3, 0.4) is 0 Å². The normalized spacial score (nSPS) is 11.4. The van der Waals surface area contributed by atoms with Crippen LogP contribution in [-0.4, -0.2) is 17.7 Å². The van der Waals surface area contributed by atoms with Gasteiger partial charge in [0.2, 0.25) is 0 Å². The van der Waals surface area contributed by atoms with E-state index in [1.165, 1.54) is 18.4 Å². The number of ether oxygens (including phenoxy) is 1. The van der Waals surface area contributed by atoms with Crippen LogP contribution in [0.5, 0.6) is 0 Å². The van der Waals surface area contributed by atoms with Crippen molar-refractivity contribution in [1.82, 2.24) is 5.16 Å². The first kappa shape index (κ1) is 14.1. The number of carbonyl (C=O) groups excluding carboxylic acids is 1. The topological polar surface area (TPSA) is 52.3 Å². The first-order valence-electron chi connectivity index (χ1n) is 5.72. The van der Waals surface area contributed by atoms with E-state index in [0.717, 1.165) is 12.1 Å². The molecule has 4 nitrogen and oxygen atoms in total. The van der Waals surface area contributed by atoms with Gasteiger partial charge < -0.3 is 9.26 Å². The Balaban J connectivity index is 2.33. The Labute approximate surface area is 112 Å². The van der Waals surface area contributed by atoms with E-state index in [9.17, 15) is 18.0 Å². The lowest BCUT2D eigenvalue weighted by molar-refractivity contribution is -0.137. The number of hydrogen-bond donors (Lipinski definition) is 0. The number of halogens is 3. The summed E-state index contributed by atoms with van der Waals surface area (Å²) in [4.78, 5) is 11.6. The highest BCUT2D eigenvalue weighted by Crippen LogP contribution is 2.31. The van der Waals surface area contributed by atoms with Crippen LogP contribution in [0.2, 0.25) is 0 Å². The molecule has 1 aromatic heterocycles. The Hall–Kier alpha value is -2.31. The number of rotatable bonds is 3. The summed E-state index contributed by atoms with van der Waals surface area (Å²) in [6.45, 7) is 1.80. The highest BCUT2D eigenvalue weighted by molar-refractivity contribution is 5.94. The largest absolute Gasteiger partial charge is 0.461 e. The quantitative estimate of drug-likeness (QED) is 0.809. The number of alkyl halides is 3. The van der Waals surface area contributed by atoms with Crippen molar-refractivity contribution in [2.45, 2.75) is 13.1 Å². The fourth-order valence-electron chi connectivity index (χ4n) is 1.63. The molecule has 0 N–H and O–H groups in total. The third kappa shape index (κ3) is 2.81. The number of esters is 1. The summed E-state index contributed by atoms with van der Waals surface area (Å²) >= 11 is 0. The van der Waals surface area contributed by atoms with Crippen LogP contribution in [-0.2, 0) is 10.9 Å². The Morgan fingerprint density at radius 2 is 1.95 bits per heavy atom. The first-order chi connectivity index (χ1) is 9.43. The fourth-order valence-corrected chi connectivity index (χ4v) is 1.63. The smallest absolute Gasteiger partial charge is 0.416 e. The molecule has 7 heteroatoms. The molecule has 0 atom stereocenters. The maximum absolute atomic E-state index is 12.5. The van der Waals surface area contributed by atoms with Crippen LogP contribution in [0.1, 0.15) is 23.0 Å². The van der Waals surface area contributed by atoms with Gasteiger partial charge in [-0.05, 0) is 24.6 Å². The maximum Gasteiger partial charge on any atom is 0.416 e. The maximum atomic E-state index is 12.5. The molecule has 2 aromatic rings. The van der Waals surface area contributed by atoms with Gasteiger partial charge in [0.25, 0.3) is 0 Å². The average Bonchev–Trinajstić information content (AvgIpc) is 2.87. The van der Waals surface area contributed by atoms with Gasteiger partial charge in [-0.2, -0.15) is 13.2 Å². The van der Waals surface area contributed by atoms with E-state index in [1.54, 1.807) is 6.92 Å². The molecule has 2 rings (SSSR count). The lowest BCUT2D eigenvalue weighted by atomic mass is 10.0. The number of aromatic nitrogens is 1. The molecule has 0 unspecified atom stereocenters. The molecule has 0 aliphatic rings. The third-order valence-electron chi connectivity index (χ3n) is 2.56. The van der Waals surface area contributed by atoms with Crippen molar-refractivity contribution in [2.24, 2.45) is 0 Å². The minimum atomic E-state index is -4.41. The van der Waals surface area contributed by atoms with Gasteiger partial charge in [0.15, 0.2) is 5.69 Å². The van der Waals surface area contributed by atoms with E-state index in [4.69, 9.17) is 9.26 Å². The van der Waals surface area contributed by atoms with Gasteiger partial charge in [-0.15, -0.1) is 0 Å². The van der Waals surface area contributed by atoms with E-state index < -0.39 is 17.7 Å². The first-order valence-corrected chi connectivity index (χ1v) is 5.72. The van der Waals surface area contributed by atoms with Crippen molar-refractivity contribution in [3.63, 3.8) is 0 Å². The second kappa shape index (κ2) is 5.36. The Kier molecular flexibility index (Phi) is 3.78. The molecule has 106 valence electrons. The lowest BCUT2D eigenvalue weighted by Crippen LogP contribution is -2.07. The van der Waals surface area contributed by atoms with Crippen molar-refractivity contribution >= 4 is 5.97 Å². The van der Waals surface area contributed by atoms with E-state index in [2.05, 4.69) is 5.16 Å². The van der Waals surface area contributed by atoms with E-state index in [0.29, 0.717) is 5.56 Å². The molecule has 0 bridgehead atoms. The molecule has 0 saturated heterocycles. The van der Waals surface area contributed by atoms with Gasteiger partial charge in [-0.3, -0.25) is 0 Å². The molecule has 1 heterocycles. The predicted octanol–water partition coefficient (Wildman–Crippen LogP) is 3.54. The van der Waals surface area contributed by atoms with Crippen LogP contribution in [0.4, 0.5) is 13.2 Å². The lowest BCUT2D eigenvalue weighted by Gasteiger charge is -2.07. The van der Waals surface area contributed by atoms with Crippen molar-refractivity contribution in [3.8, 4) is 11.1 Å². The summed E-state index contributed by atoms with van der Waals surface area (Å²) in [5.41, 5.74) is -0.151. The SMILES string of the molecule is CCOC(=O)c1nocc1-c1ccc(C(F)(F)F)cc1. The second-order valence-electron chi connectivity index (χ2n) is 3.87. The molecule has 0 aliphatic heterocycles. The van der Waals surface area contributed by atoms with Crippen LogP contribution in [0.15, 0.2) is 35.1 Å². The minimum absolute atomic E-state index is 0.0633. The summed E-state index contributed by atoms with van der Waals surface area (Å²) < 4.78 is 46.9. The Bertz CT molecular complexity index is 602. The van der Waals surface area contributed by atoms with E-state index >= 15 is 0 Å². The number of hydrogen-bond acceptors (Lipinski definition) is 4. The van der Waals surface area contributed by atoms with Crippen molar-refractivity contribution in [3.05, 3.63) is 41.8 Å². The van der Waals surface area contributed by atoms with Gasteiger partial charge in [-0.1, -0.05) is 17.3 Å². The van der Waals surface area contributed by atoms with Crippen molar-refractivity contribution < 1.29 is 27.2 Å². The number of nitrogens with zero attached hydrogens (tertiary/aromatic N) is 1. The van der Waals surface area contributed by atoms with Crippen molar-refractivity contribution in [1.29, 1.82) is 0 Å². The zero-order valence-electron chi connectivity index (χ0n) is 10.4. The second-order valence-corrected chi connectivity index (χ2v) is 3.87. The van der Waals surface area contributed by atoms with Crippen molar-refractivity contribution in [2.75, 3.05) is 6.61 Å². The molecular weight excluding hydrogens is 275 g/mol. The van der Waals surface area contributed by atoms with Gasteiger partial charge in [0, 0.05) is 0 Å². The average molecular weight is 285 g/mol. The highest BCUT2D eigenvalue weighted by Gasteiger charge is 2.30. The van der Waals surface area contributed by atoms with Gasteiger partial charge in [0.05, 0.1) is 17.7 Å². The van der Waals surface area contributed by atoms with Gasteiger partial charge >= 0.3 is 12.1 Å². The zero-order valence-corrected chi connectivity index (χ0v) is 10.4. The highest BCUT2D eigenvalue weighted by atomic mass is 19.4. The van der Waals surface area contributed by atoms with E-state index in [-0.39, 0.29) is 17.9 Å². The summed E-state index contributed by atoms with van der Waals surface area (Å²) in [5.74, 6) is -0.684. The molecule has 0 amide bonds. The van der Waals surface area contributed by atoms with E-state index in [1.807, 2.05) is 0 Å². The Morgan fingerprint density at radius 1 is 1.30 bits per heavy atom. The summed E-state index contributed by atoms with van der Waals surface area (Å²) in [6.07, 6.45) is -3.22. The molecule has 0 spiro atoms. The zero-order chi connectivity index (χ0) is 14.8.